The van der Waals surface area contributed by atoms with E-state index in [1.54, 1.807) is 0 Å². The van der Waals surface area contributed by atoms with Crippen molar-refractivity contribution in [1.82, 2.24) is 15.5 Å². The minimum absolute atomic E-state index is 0.196. The van der Waals surface area contributed by atoms with Crippen LogP contribution in [-0.4, -0.2) is 50.6 Å². The minimum atomic E-state index is 0.196. The maximum atomic E-state index is 11.5. The van der Waals surface area contributed by atoms with Gasteiger partial charge in [0.15, 0.2) is 0 Å². The molecule has 0 aliphatic carbocycles. The number of nitrogens with zero attached hydrogens (tertiary/aromatic N) is 1. The summed E-state index contributed by atoms with van der Waals surface area (Å²) in [7, 11) is 2.06. The minimum Gasteiger partial charge on any atom is -0.355 e. The first-order chi connectivity index (χ1) is 6.74. The maximum absolute atomic E-state index is 11.5. The molecule has 1 atom stereocenters. The molecular formula is C10H21N3O. The first-order valence-corrected chi connectivity index (χ1v) is 5.41. The average molecular weight is 199 g/mol. The van der Waals surface area contributed by atoms with E-state index < -0.39 is 0 Å². The second-order valence-corrected chi connectivity index (χ2v) is 3.88. The van der Waals surface area contributed by atoms with E-state index in [0.29, 0.717) is 0 Å². The van der Waals surface area contributed by atoms with Gasteiger partial charge in [0.25, 0.3) is 0 Å². The standard InChI is InChI=1S/C10H21N3O/c1-3-13(2)7-6-12-10(14)9-4-5-11-8-9/h9,11H,3-8H2,1-2H3,(H,12,14). The van der Waals surface area contributed by atoms with E-state index in [2.05, 4.69) is 29.5 Å². The van der Waals surface area contributed by atoms with Crippen LogP contribution in [0.5, 0.6) is 0 Å². The Hall–Kier alpha value is -0.610. The van der Waals surface area contributed by atoms with Gasteiger partial charge < -0.3 is 15.5 Å². The lowest BCUT2D eigenvalue weighted by Crippen LogP contribution is -2.37. The van der Waals surface area contributed by atoms with Crippen molar-refractivity contribution in [1.29, 1.82) is 0 Å². The number of carbonyl (C=O) groups excluding carboxylic acids is 1. The van der Waals surface area contributed by atoms with Crippen molar-refractivity contribution in [2.24, 2.45) is 5.92 Å². The van der Waals surface area contributed by atoms with Crippen molar-refractivity contribution < 1.29 is 4.79 Å². The maximum Gasteiger partial charge on any atom is 0.224 e. The summed E-state index contributed by atoms with van der Waals surface area (Å²) in [6, 6.07) is 0. The smallest absolute Gasteiger partial charge is 0.224 e. The molecule has 1 amide bonds. The van der Waals surface area contributed by atoms with Gasteiger partial charge in [0.2, 0.25) is 5.91 Å². The van der Waals surface area contributed by atoms with Crippen LogP contribution < -0.4 is 10.6 Å². The number of likely N-dealkylation sites (N-methyl/N-ethyl adjacent to an activating group) is 1. The van der Waals surface area contributed by atoms with Gasteiger partial charge >= 0.3 is 0 Å². The van der Waals surface area contributed by atoms with Crippen LogP contribution in [0.3, 0.4) is 0 Å². The molecule has 82 valence electrons. The molecule has 2 N–H and O–H groups in total. The summed E-state index contributed by atoms with van der Waals surface area (Å²) in [6.45, 7) is 6.66. The lowest BCUT2D eigenvalue weighted by atomic mass is 10.1. The van der Waals surface area contributed by atoms with Crippen LogP contribution in [0.4, 0.5) is 0 Å². The van der Waals surface area contributed by atoms with Gasteiger partial charge in [-0.1, -0.05) is 6.92 Å². The normalized spacial score (nSPS) is 21.5. The van der Waals surface area contributed by atoms with Crippen molar-refractivity contribution in [2.45, 2.75) is 13.3 Å². The molecule has 0 radical (unpaired) electrons. The molecule has 1 fully saturated rings. The number of hydrogen-bond acceptors (Lipinski definition) is 3. The summed E-state index contributed by atoms with van der Waals surface area (Å²) < 4.78 is 0. The fraction of sp³-hybridized carbons (Fsp3) is 0.900. The molecule has 1 saturated heterocycles. The van der Waals surface area contributed by atoms with Crippen LogP contribution in [-0.2, 0) is 4.79 Å². The Labute approximate surface area is 86.0 Å². The fourth-order valence-corrected chi connectivity index (χ4v) is 1.55. The van der Waals surface area contributed by atoms with Crippen LogP contribution in [0, 0.1) is 5.92 Å². The zero-order valence-electron chi connectivity index (χ0n) is 9.18. The number of hydrogen-bond donors (Lipinski definition) is 2. The summed E-state index contributed by atoms with van der Waals surface area (Å²) in [4.78, 5) is 13.7. The van der Waals surface area contributed by atoms with Gasteiger partial charge in [-0.05, 0) is 26.6 Å². The third kappa shape index (κ3) is 3.64. The Kier molecular flexibility index (Phi) is 4.90. The third-order valence-corrected chi connectivity index (χ3v) is 2.76. The number of rotatable bonds is 5. The molecule has 0 saturated carbocycles. The molecule has 14 heavy (non-hydrogen) atoms. The van der Waals surface area contributed by atoms with Gasteiger partial charge in [0, 0.05) is 19.6 Å². The van der Waals surface area contributed by atoms with Gasteiger partial charge in [-0.3, -0.25) is 4.79 Å². The largest absolute Gasteiger partial charge is 0.355 e. The van der Waals surface area contributed by atoms with Crippen molar-refractivity contribution >= 4 is 5.91 Å². The number of amides is 1. The lowest BCUT2D eigenvalue weighted by molar-refractivity contribution is -0.124. The molecule has 1 rings (SSSR count). The summed E-state index contributed by atoms with van der Waals surface area (Å²) in [5.41, 5.74) is 0. The van der Waals surface area contributed by atoms with Crippen molar-refractivity contribution in [3.05, 3.63) is 0 Å². The van der Waals surface area contributed by atoms with E-state index >= 15 is 0 Å². The first-order valence-electron chi connectivity index (χ1n) is 5.41. The highest BCUT2D eigenvalue weighted by Crippen LogP contribution is 2.06. The molecule has 0 spiro atoms. The molecule has 0 bridgehead atoms. The SMILES string of the molecule is CCN(C)CCNC(=O)C1CCNC1. The van der Waals surface area contributed by atoms with Crippen molar-refractivity contribution in [3.8, 4) is 0 Å². The highest BCUT2D eigenvalue weighted by Gasteiger charge is 2.21. The fourth-order valence-electron chi connectivity index (χ4n) is 1.55. The number of nitrogens with one attached hydrogen (secondary N) is 2. The first kappa shape index (κ1) is 11.5. The van der Waals surface area contributed by atoms with Crippen molar-refractivity contribution in [3.63, 3.8) is 0 Å². The van der Waals surface area contributed by atoms with Crippen molar-refractivity contribution in [2.75, 3.05) is 39.8 Å². The van der Waals surface area contributed by atoms with E-state index in [4.69, 9.17) is 0 Å². The van der Waals surface area contributed by atoms with E-state index in [0.717, 1.165) is 39.1 Å². The summed E-state index contributed by atoms with van der Waals surface area (Å²) in [6.07, 6.45) is 0.982. The summed E-state index contributed by atoms with van der Waals surface area (Å²) >= 11 is 0. The zero-order chi connectivity index (χ0) is 10.4. The Morgan fingerprint density at radius 2 is 2.43 bits per heavy atom. The van der Waals surface area contributed by atoms with Gasteiger partial charge in [-0.25, -0.2) is 0 Å². The predicted octanol–water partition coefficient (Wildman–Crippen LogP) is -0.336. The van der Waals surface area contributed by atoms with Crippen LogP contribution in [0.1, 0.15) is 13.3 Å². The quantitative estimate of drug-likeness (QED) is 0.637. The molecule has 0 aromatic heterocycles. The zero-order valence-corrected chi connectivity index (χ0v) is 9.18. The number of carbonyl (C=O) groups is 1. The highest BCUT2D eigenvalue weighted by atomic mass is 16.1. The molecule has 0 aromatic rings. The van der Waals surface area contributed by atoms with Crippen LogP contribution in [0.2, 0.25) is 0 Å². The van der Waals surface area contributed by atoms with Crippen LogP contribution in [0.15, 0.2) is 0 Å². The van der Waals surface area contributed by atoms with Crippen LogP contribution in [0.25, 0.3) is 0 Å². The van der Waals surface area contributed by atoms with E-state index in [1.165, 1.54) is 0 Å². The van der Waals surface area contributed by atoms with E-state index in [9.17, 15) is 4.79 Å². The molecule has 4 heteroatoms. The molecule has 1 aliphatic heterocycles. The van der Waals surface area contributed by atoms with E-state index in [-0.39, 0.29) is 11.8 Å². The third-order valence-electron chi connectivity index (χ3n) is 2.76. The summed E-state index contributed by atoms with van der Waals surface area (Å²) in [5, 5.41) is 6.16. The Bertz CT molecular complexity index is 178. The molecule has 1 heterocycles. The highest BCUT2D eigenvalue weighted by molar-refractivity contribution is 5.79. The van der Waals surface area contributed by atoms with E-state index in [1.807, 2.05) is 0 Å². The summed E-state index contributed by atoms with van der Waals surface area (Å²) in [5.74, 6) is 0.404. The predicted molar refractivity (Wildman–Crippen MR) is 57.2 cm³/mol. The Morgan fingerprint density at radius 1 is 1.64 bits per heavy atom. The second kappa shape index (κ2) is 5.98. The second-order valence-electron chi connectivity index (χ2n) is 3.88. The van der Waals surface area contributed by atoms with Gasteiger partial charge in [-0.15, -0.1) is 0 Å². The Morgan fingerprint density at radius 3 is 3.00 bits per heavy atom. The molecule has 1 aliphatic rings. The molecule has 1 unspecified atom stereocenters. The lowest BCUT2D eigenvalue weighted by Gasteiger charge is -2.15. The Balaban J connectivity index is 2.08. The average Bonchev–Trinajstić information content (AvgIpc) is 2.70. The van der Waals surface area contributed by atoms with Crippen LogP contribution >= 0.6 is 0 Å². The van der Waals surface area contributed by atoms with Gasteiger partial charge in [0.05, 0.1) is 5.92 Å². The molecular weight excluding hydrogens is 178 g/mol. The van der Waals surface area contributed by atoms with Gasteiger partial charge in [0.1, 0.15) is 0 Å². The topological polar surface area (TPSA) is 44.4 Å². The molecule has 0 aromatic carbocycles. The monoisotopic (exact) mass is 199 g/mol. The van der Waals surface area contributed by atoms with Gasteiger partial charge in [-0.2, -0.15) is 0 Å². The molecule has 4 nitrogen and oxygen atoms in total.